The summed E-state index contributed by atoms with van der Waals surface area (Å²) in [6, 6.07) is 24.9. The van der Waals surface area contributed by atoms with Crippen molar-refractivity contribution in [3.63, 3.8) is 0 Å². The van der Waals surface area contributed by atoms with E-state index in [1.165, 1.54) is 0 Å². The largest absolute Gasteiger partial charge is 0.496 e. The number of rotatable bonds is 5. The number of furan rings is 1. The number of hydrogen-bond donors (Lipinski definition) is 0. The van der Waals surface area contributed by atoms with Crippen LogP contribution in [-0.4, -0.2) is 12.9 Å². The van der Waals surface area contributed by atoms with Crippen molar-refractivity contribution in [2.45, 2.75) is 6.42 Å². The first kappa shape index (κ1) is 16.2. The highest BCUT2D eigenvalue weighted by Crippen LogP contribution is 2.36. The van der Waals surface area contributed by atoms with Crippen LogP contribution in [0.25, 0.3) is 11.0 Å². The summed E-state index contributed by atoms with van der Waals surface area (Å²) >= 11 is 0. The van der Waals surface area contributed by atoms with Gasteiger partial charge in [0.15, 0.2) is 5.76 Å². The molecule has 0 bridgehead atoms. The van der Waals surface area contributed by atoms with E-state index in [9.17, 15) is 4.79 Å². The first-order valence-electron chi connectivity index (χ1n) is 8.50. The molecule has 0 aliphatic heterocycles. The van der Waals surface area contributed by atoms with Crippen molar-refractivity contribution in [2.24, 2.45) is 0 Å². The Morgan fingerprint density at radius 2 is 1.58 bits per heavy atom. The molecule has 26 heavy (non-hydrogen) atoms. The monoisotopic (exact) mass is 342 g/mol. The van der Waals surface area contributed by atoms with Crippen LogP contribution in [0.2, 0.25) is 0 Å². The Morgan fingerprint density at radius 1 is 0.885 bits per heavy atom. The Morgan fingerprint density at radius 3 is 2.27 bits per heavy atom. The van der Waals surface area contributed by atoms with Gasteiger partial charge in [-0.05, 0) is 17.7 Å². The minimum Gasteiger partial charge on any atom is -0.496 e. The molecule has 128 valence electrons. The Bertz CT molecular complexity index is 1050. The first-order chi connectivity index (χ1) is 12.8. The summed E-state index contributed by atoms with van der Waals surface area (Å²) in [5.74, 6) is 0.971. The fourth-order valence-electron chi connectivity index (χ4n) is 3.22. The van der Waals surface area contributed by atoms with Gasteiger partial charge in [-0.15, -0.1) is 0 Å². The van der Waals surface area contributed by atoms with Crippen LogP contribution >= 0.6 is 0 Å². The molecule has 0 spiro atoms. The molecule has 0 aliphatic rings. The zero-order valence-corrected chi connectivity index (χ0v) is 14.4. The maximum atomic E-state index is 13.1. The molecule has 3 nitrogen and oxygen atoms in total. The highest BCUT2D eigenvalue weighted by Gasteiger charge is 2.24. The van der Waals surface area contributed by atoms with E-state index in [2.05, 4.69) is 0 Å². The van der Waals surface area contributed by atoms with Crippen molar-refractivity contribution < 1.29 is 13.9 Å². The predicted octanol–water partition coefficient (Wildman–Crippen LogP) is 5.26. The molecule has 0 fully saturated rings. The van der Waals surface area contributed by atoms with Gasteiger partial charge in [-0.2, -0.15) is 0 Å². The number of carbonyl (C=O) groups excluding carboxylic acids is 1. The van der Waals surface area contributed by atoms with Crippen LogP contribution in [0.3, 0.4) is 0 Å². The van der Waals surface area contributed by atoms with Crippen LogP contribution in [0.5, 0.6) is 5.75 Å². The number of hydrogen-bond acceptors (Lipinski definition) is 3. The molecule has 0 unspecified atom stereocenters. The second kappa shape index (κ2) is 6.89. The van der Waals surface area contributed by atoms with Crippen LogP contribution in [0, 0.1) is 0 Å². The number of benzene rings is 3. The fourth-order valence-corrected chi connectivity index (χ4v) is 3.22. The number of fused-ring (bicyclic) bond motifs is 1. The minimum atomic E-state index is -0.116. The van der Waals surface area contributed by atoms with Crippen molar-refractivity contribution in [2.75, 3.05) is 7.11 Å². The third kappa shape index (κ3) is 2.88. The van der Waals surface area contributed by atoms with Gasteiger partial charge in [0.2, 0.25) is 5.78 Å². The van der Waals surface area contributed by atoms with E-state index >= 15 is 0 Å². The van der Waals surface area contributed by atoms with E-state index < -0.39 is 0 Å². The van der Waals surface area contributed by atoms with Gasteiger partial charge in [0.05, 0.1) is 12.5 Å². The van der Waals surface area contributed by atoms with Crippen molar-refractivity contribution in [1.82, 2.24) is 0 Å². The molecule has 0 radical (unpaired) electrons. The molecule has 4 rings (SSSR count). The molecule has 0 atom stereocenters. The molecule has 3 heteroatoms. The smallest absolute Gasteiger partial charge is 0.228 e. The molecule has 0 N–H and O–H groups in total. The van der Waals surface area contributed by atoms with E-state index in [0.717, 1.165) is 16.5 Å². The van der Waals surface area contributed by atoms with E-state index in [0.29, 0.717) is 29.1 Å². The molecule has 3 aromatic carbocycles. The zero-order chi connectivity index (χ0) is 17.9. The normalized spacial score (nSPS) is 10.8. The predicted molar refractivity (Wildman–Crippen MR) is 102 cm³/mol. The summed E-state index contributed by atoms with van der Waals surface area (Å²) in [6.45, 7) is 0. The van der Waals surface area contributed by atoms with Crippen LogP contribution in [0.1, 0.15) is 27.2 Å². The van der Waals surface area contributed by atoms with E-state index in [1.807, 2.05) is 66.7 Å². The van der Waals surface area contributed by atoms with Crippen LogP contribution < -0.4 is 4.74 Å². The summed E-state index contributed by atoms with van der Waals surface area (Å²) in [4.78, 5) is 13.1. The van der Waals surface area contributed by atoms with E-state index in [1.54, 1.807) is 19.2 Å². The summed E-state index contributed by atoms with van der Waals surface area (Å²) in [5.41, 5.74) is 3.25. The molecule has 0 saturated carbocycles. The lowest BCUT2D eigenvalue weighted by Crippen LogP contribution is -2.04. The van der Waals surface area contributed by atoms with Crippen LogP contribution in [-0.2, 0) is 6.42 Å². The summed E-state index contributed by atoms with van der Waals surface area (Å²) in [7, 11) is 1.63. The van der Waals surface area contributed by atoms with Gasteiger partial charge in [-0.25, -0.2) is 0 Å². The maximum Gasteiger partial charge on any atom is 0.228 e. The molecule has 0 aliphatic carbocycles. The summed E-state index contributed by atoms with van der Waals surface area (Å²) in [5, 5.41) is 0.859. The second-order valence-electron chi connectivity index (χ2n) is 6.10. The molecule has 1 heterocycles. The van der Waals surface area contributed by atoms with E-state index in [4.69, 9.17) is 9.15 Å². The number of methoxy groups -OCH3 is 1. The van der Waals surface area contributed by atoms with Crippen molar-refractivity contribution in [3.8, 4) is 5.75 Å². The summed E-state index contributed by atoms with van der Waals surface area (Å²) < 4.78 is 11.5. The van der Waals surface area contributed by atoms with Crippen LogP contribution in [0.15, 0.2) is 83.3 Å². The summed E-state index contributed by atoms with van der Waals surface area (Å²) in [6.07, 6.45) is 0.599. The third-order valence-electron chi connectivity index (χ3n) is 4.46. The first-order valence-corrected chi connectivity index (χ1v) is 8.50. The Balaban J connectivity index is 1.91. The maximum absolute atomic E-state index is 13.1. The molecule has 0 saturated heterocycles. The number of ketones is 1. The van der Waals surface area contributed by atoms with Gasteiger partial charge in [0.25, 0.3) is 0 Å². The standard InChI is InChI=1S/C23H18O3/c1-25-19-13-8-14-20-21(19)18(15-16-9-4-2-5-10-16)23(26-20)22(24)17-11-6-3-7-12-17/h2-14H,15H2,1H3. The highest BCUT2D eigenvalue weighted by molar-refractivity contribution is 6.11. The van der Waals surface area contributed by atoms with Gasteiger partial charge in [-0.1, -0.05) is 66.7 Å². The molecule has 0 amide bonds. The lowest BCUT2D eigenvalue weighted by Gasteiger charge is -2.06. The Labute approximate surface area is 151 Å². The molecular formula is C23H18O3. The Kier molecular flexibility index (Phi) is 4.28. The number of ether oxygens (including phenoxy) is 1. The quantitative estimate of drug-likeness (QED) is 0.464. The third-order valence-corrected chi connectivity index (χ3v) is 4.46. The second-order valence-corrected chi connectivity index (χ2v) is 6.10. The fraction of sp³-hybridized carbons (Fsp3) is 0.0870. The van der Waals surface area contributed by atoms with Gasteiger partial charge in [0.1, 0.15) is 11.3 Å². The van der Waals surface area contributed by atoms with Crippen molar-refractivity contribution in [1.29, 1.82) is 0 Å². The lowest BCUT2D eigenvalue weighted by atomic mass is 9.98. The minimum absolute atomic E-state index is 0.116. The topological polar surface area (TPSA) is 39.4 Å². The number of carbonyl (C=O) groups is 1. The molecule has 4 aromatic rings. The SMILES string of the molecule is COc1cccc2oc(C(=O)c3ccccc3)c(Cc3ccccc3)c12. The van der Waals surface area contributed by atoms with Crippen molar-refractivity contribution in [3.05, 3.63) is 101 Å². The van der Waals surface area contributed by atoms with Gasteiger partial charge >= 0.3 is 0 Å². The molecule has 1 aromatic heterocycles. The average molecular weight is 342 g/mol. The average Bonchev–Trinajstić information content (AvgIpc) is 3.07. The Hall–Kier alpha value is -3.33. The van der Waals surface area contributed by atoms with E-state index in [-0.39, 0.29) is 5.78 Å². The van der Waals surface area contributed by atoms with Gasteiger partial charge in [-0.3, -0.25) is 4.79 Å². The van der Waals surface area contributed by atoms with Gasteiger partial charge in [0, 0.05) is 17.5 Å². The zero-order valence-electron chi connectivity index (χ0n) is 14.4. The van der Waals surface area contributed by atoms with Crippen LogP contribution in [0.4, 0.5) is 0 Å². The lowest BCUT2D eigenvalue weighted by molar-refractivity contribution is 0.101. The molecular weight excluding hydrogens is 324 g/mol. The highest BCUT2D eigenvalue weighted by atomic mass is 16.5. The van der Waals surface area contributed by atoms with Gasteiger partial charge < -0.3 is 9.15 Å². The van der Waals surface area contributed by atoms with Crippen molar-refractivity contribution >= 4 is 16.8 Å².